The van der Waals surface area contributed by atoms with Gasteiger partial charge in [-0.3, -0.25) is 0 Å². The highest BCUT2D eigenvalue weighted by Gasteiger charge is 2.25. The van der Waals surface area contributed by atoms with Crippen LogP contribution in [0.25, 0.3) is 0 Å². The number of nitrogens with zero attached hydrogens (tertiary/aromatic N) is 1. The molecular formula is C16H25NS. The van der Waals surface area contributed by atoms with Crippen LogP contribution in [0, 0.1) is 5.92 Å². The van der Waals surface area contributed by atoms with Gasteiger partial charge in [0.1, 0.15) is 0 Å². The van der Waals surface area contributed by atoms with Crippen LogP contribution in [-0.2, 0) is 0 Å². The van der Waals surface area contributed by atoms with E-state index < -0.39 is 0 Å². The summed E-state index contributed by atoms with van der Waals surface area (Å²) in [7, 11) is 0. The van der Waals surface area contributed by atoms with Gasteiger partial charge in [0.15, 0.2) is 0 Å². The highest BCUT2D eigenvalue weighted by molar-refractivity contribution is 7.80. The molecule has 3 atom stereocenters. The molecule has 1 nitrogen and oxygen atoms in total. The molecule has 0 spiro atoms. The molecule has 0 aliphatic carbocycles. The number of piperidine rings is 1. The minimum Gasteiger partial charge on any atom is -0.300 e. The summed E-state index contributed by atoms with van der Waals surface area (Å²) in [5.74, 6) is 2.39. The molecular weight excluding hydrogens is 238 g/mol. The Labute approximate surface area is 117 Å². The molecule has 2 heteroatoms. The lowest BCUT2D eigenvalue weighted by Gasteiger charge is -2.38. The van der Waals surface area contributed by atoms with Crippen LogP contribution in [0.3, 0.4) is 0 Å². The SMILES string of the molecule is CC1CCN(CC(CS)c2ccccc2)C(C)C1. The van der Waals surface area contributed by atoms with Gasteiger partial charge in [0.25, 0.3) is 0 Å². The van der Waals surface area contributed by atoms with Crippen molar-refractivity contribution >= 4 is 12.6 Å². The van der Waals surface area contributed by atoms with Crippen molar-refractivity contribution in [3.8, 4) is 0 Å². The Kier molecular flexibility index (Phi) is 5.13. The average Bonchev–Trinajstić information content (AvgIpc) is 2.39. The predicted molar refractivity (Wildman–Crippen MR) is 82.5 cm³/mol. The van der Waals surface area contributed by atoms with Gasteiger partial charge in [-0.25, -0.2) is 0 Å². The molecule has 0 bridgehead atoms. The van der Waals surface area contributed by atoms with Crippen LogP contribution in [0.15, 0.2) is 30.3 Å². The largest absolute Gasteiger partial charge is 0.300 e. The third-order valence-corrected chi connectivity index (χ3v) is 4.66. The summed E-state index contributed by atoms with van der Waals surface area (Å²) in [4.78, 5) is 2.65. The topological polar surface area (TPSA) is 3.24 Å². The van der Waals surface area contributed by atoms with E-state index in [-0.39, 0.29) is 0 Å². The molecule has 0 radical (unpaired) electrons. The standard InChI is InChI=1S/C16H25NS/c1-13-8-9-17(14(2)10-13)11-16(12-18)15-6-4-3-5-7-15/h3-7,13-14,16,18H,8-12H2,1-2H3. The molecule has 1 saturated heterocycles. The van der Waals surface area contributed by atoms with Crippen LogP contribution in [0.1, 0.15) is 38.2 Å². The molecule has 0 N–H and O–H groups in total. The Morgan fingerprint density at radius 2 is 2.00 bits per heavy atom. The fraction of sp³-hybridized carbons (Fsp3) is 0.625. The van der Waals surface area contributed by atoms with E-state index in [1.807, 2.05) is 0 Å². The molecule has 0 saturated carbocycles. The first-order valence-electron chi connectivity index (χ1n) is 7.10. The Balaban J connectivity index is 1.98. The van der Waals surface area contributed by atoms with Crippen molar-refractivity contribution in [1.29, 1.82) is 0 Å². The maximum atomic E-state index is 4.55. The van der Waals surface area contributed by atoms with E-state index in [1.54, 1.807) is 0 Å². The zero-order valence-electron chi connectivity index (χ0n) is 11.5. The minimum absolute atomic E-state index is 0.561. The quantitative estimate of drug-likeness (QED) is 0.808. The summed E-state index contributed by atoms with van der Waals surface area (Å²) in [6.07, 6.45) is 2.69. The van der Waals surface area contributed by atoms with Gasteiger partial charge in [0, 0.05) is 18.5 Å². The average molecular weight is 263 g/mol. The number of thiol groups is 1. The van der Waals surface area contributed by atoms with E-state index in [0.717, 1.165) is 24.3 Å². The molecule has 0 amide bonds. The van der Waals surface area contributed by atoms with E-state index in [0.29, 0.717) is 5.92 Å². The lowest BCUT2D eigenvalue weighted by molar-refractivity contribution is 0.124. The van der Waals surface area contributed by atoms with E-state index in [4.69, 9.17) is 0 Å². The van der Waals surface area contributed by atoms with E-state index in [1.165, 1.54) is 24.9 Å². The summed E-state index contributed by atoms with van der Waals surface area (Å²) < 4.78 is 0. The number of hydrogen-bond donors (Lipinski definition) is 1. The maximum Gasteiger partial charge on any atom is 0.00697 e. The fourth-order valence-electron chi connectivity index (χ4n) is 3.00. The van der Waals surface area contributed by atoms with Crippen molar-refractivity contribution in [2.45, 2.75) is 38.6 Å². The second-order valence-electron chi connectivity index (χ2n) is 5.76. The normalized spacial score (nSPS) is 27.1. The molecule has 3 unspecified atom stereocenters. The van der Waals surface area contributed by atoms with Gasteiger partial charge in [0.2, 0.25) is 0 Å². The molecule has 1 heterocycles. The Hall–Kier alpha value is -0.470. The molecule has 18 heavy (non-hydrogen) atoms. The molecule has 2 rings (SSSR count). The van der Waals surface area contributed by atoms with Crippen LogP contribution in [0.5, 0.6) is 0 Å². The number of likely N-dealkylation sites (tertiary alicyclic amines) is 1. The van der Waals surface area contributed by atoms with Gasteiger partial charge in [-0.2, -0.15) is 12.6 Å². The fourth-order valence-corrected chi connectivity index (χ4v) is 3.33. The first-order valence-corrected chi connectivity index (χ1v) is 7.73. The second kappa shape index (κ2) is 6.63. The molecule has 1 aliphatic rings. The molecule has 0 aromatic heterocycles. The number of rotatable bonds is 4. The number of benzene rings is 1. The summed E-state index contributed by atoms with van der Waals surface area (Å²) in [5.41, 5.74) is 1.43. The molecule has 100 valence electrons. The Morgan fingerprint density at radius 3 is 2.61 bits per heavy atom. The van der Waals surface area contributed by atoms with E-state index >= 15 is 0 Å². The summed E-state index contributed by atoms with van der Waals surface area (Å²) in [6.45, 7) is 7.15. The molecule has 1 fully saturated rings. The maximum absolute atomic E-state index is 4.55. The van der Waals surface area contributed by atoms with Crippen molar-refractivity contribution < 1.29 is 0 Å². The third kappa shape index (κ3) is 3.52. The van der Waals surface area contributed by atoms with E-state index in [2.05, 4.69) is 61.7 Å². The van der Waals surface area contributed by atoms with E-state index in [9.17, 15) is 0 Å². The van der Waals surface area contributed by atoms with Crippen molar-refractivity contribution in [2.75, 3.05) is 18.8 Å². The van der Waals surface area contributed by atoms with Crippen LogP contribution in [-0.4, -0.2) is 29.8 Å². The Bertz CT molecular complexity index is 351. The first kappa shape index (κ1) is 14.0. The highest BCUT2D eigenvalue weighted by atomic mass is 32.1. The van der Waals surface area contributed by atoms with Gasteiger partial charge in [-0.15, -0.1) is 0 Å². The van der Waals surface area contributed by atoms with Crippen molar-refractivity contribution in [3.05, 3.63) is 35.9 Å². The third-order valence-electron chi connectivity index (χ3n) is 4.22. The molecule has 1 aliphatic heterocycles. The summed E-state index contributed by atoms with van der Waals surface area (Å²) in [6, 6.07) is 11.5. The van der Waals surface area contributed by atoms with Gasteiger partial charge in [0.05, 0.1) is 0 Å². The zero-order valence-corrected chi connectivity index (χ0v) is 12.4. The van der Waals surface area contributed by atoms with Gasteiger partial charge in [-0.1, -0.05) is 37.3 Å². The molecule has 1 aromatic rings. The summed E-state index contributed by atoms with van der Waals surface area (Å²) in [5, 5.41) is 0. The van der Waals surface area contributed by atoms with Crippen LogP contribution < -0.4 is 0 Å². The van der Waals surface area contributed by atoms with Gasteiger partial charge in [-0.05, 0) is 43.5 Å². The highest BCUT2D eigenvalue weighted by Crippen LogP contribution is 2.26. The lowest BCUT2D eigenvalue weighted by Crippen LogP contribution is -2.42. The monoisotopic (exact) mass is 263 g/mol. The first-order chi connectivity index (χ1) is 8.70. The zero-order chi connectivity index (χ0) is 13.0. The smallest absolute Gasteiger partial charge is 0.00697 e. The van der Waals surface area contributed by atoms with Gasteiger partial charge >= 0.3 is 0 Å². The van der Waals surface area contributed by atoms with Crippen LogP contribution in [0.4, 0.5) is 0 Å². The van der Waals surface area contributed by atoms with Crippen molar-refractivity contribution in [3.63, 3.8) is 0 Å². The van der Waals surface area contributed by atoms with Crippen LogP contribution >= 0.6 is 12.6 Å². The van der Waals surface area contributed by atoms with Crippen molar-refractivity contribution in [2.24, 2.45) is 5.92 Å². The predicted octanol–water partition coefficient (Wildman–Crippen LogP) is 3.82. The summed E-state index contributed by atoms with van der Waals surface area (Å²) >= 11 is 4.55. The van der Waals surface area contributed by atoms with Gasteiger partial charge < -0.3 is 4.90 Å². The lowest BCUT2D eigenvalue weighted by atomic mass is 9.91. The van der Waals surface area contributed by atoms with Crippen molar-refractivity contribution in [1.82, 2.24) is 4.90 Å². The second-order valence-corrected chi connectivity index (χ2v) is 6.13. The minimum atomic E-state index is 0.561. The Morgan fingerprint density at radius 1 is 1.28 bits per heavy atom. The van der Waals surface area contributed by atoms with Crippen LogP contribution in [0.2, 0.25) is 0 Å². The number of hydrogen-bond acceptors (Lipinski definition) is 2. The molecule has 1 aromatic carbocycles.